The summed E-state index contributed by atoms with van der Waals surface area (Å²) < 4.78 is 5.49. The Morgan fingerprint density at radius 1 is 0.931 bits per heavy atom. The van der Waals surface area contributed by atoms with Crippen molar-refractivity contribution in [3.63, 3.8) is 0 Å². The molecule has 1 aromatic heterocycles. The number of hydrazone groups is 1. The summed E-state index contributed by atoms with van der Waals surface area (Å²) in [6.45, 7) is 3.55. The number of furan rings is 1. The minimum Gasteiger partial charge on any atom is -0.460 e. The third kappa shape index (κ3) is 5.52. The van der Waals surface area contributed by atoms with Gasteiger partial charge in [0.05, 0.1) is 0 Å². The average Bonchev–Trinajstić information content (AvgIpc) is 3.19. The average molecular weight is 387 g/mol. The molecule has 0 saturated heterocycles. The number of aryl methyl sites for hydroxylation is 1. The standard InChI is InChI=1S/C23H21N3O3/c1-16-13-14-21(29-16)17(2)25-26-23(28)20(15-18-9-5-3-6-10-18)24-22(27)19-11-7-4-8-12-19/h3-15H,1-2H3,(H,24,27)(H,26,28)/b20-15+,25-17+. The summed E-state index contributed by atoms with van der Waals surface area (Å²) in [7, 11) is 0. The molecule has 0 radical (unpaired) electrons. The summed E-state index contributed by atoms with van der Waals surface area (Å²) in [5.74, 6) is 0.386. The maximum absolute atomic E-state index is 12.7. The van der Waals surface area contributed by atoms with E-state index in [2.05, 4.69) is 15.8 Å². The van der Waals surface area contributed by atoms with E-state index in [4.69, 9.17) is 4.42 Å². The van der Waals surface area contributed by atoms with E-state index >= 15 is 0 Å². The van der Waals surface area contributed by atoms with Crippen molar-refractivity contribution < 1.29 is 14.0 Å². The van der Waals surface area contributed by atoms with Gasteiger partial charge in [0.15, 0.2) is 0 Å². The highest BCUT2D eigenvalue weighted by atomic mass is 16.3. The van der Waals surface area contributed by atoms with Crippen molar-refractivity contribution >= 4 is 23.6 Å². The summed E-state index contributed by atoms with van der Waals surface area (Å²) in [5.41, 5.74) is 4.29. The molecule has 0 aliphatic carbocycles. The van der Waals surface area contributed by atoms with Crippen LogP contribution in [0.1, 0.15) is 34.4 Å². The van der Waals surface area contributed by atoms with Crippen molar-refractivity contribution in [2.45, 2.75) is 13.8 Å². The first-order valence-corrected chi connectivity index (χ1v) is 9.07. The van der Waals surface area contributed by atoms with Gasteiger partial charge in [-0.15, -0.1) is 0 Å². The fourth-order valence-electron chi connectivity index (χ4n) is 2.54. The van der Waals surface area contributed by atoms with Crippen LogP contribution in [0.5, 0.6) is 0 Å². The maximum Gasteiger partial charge on any atom is 0.287 e. The molecule has 1 heterocycles. The van der Waals surface area contributed by atoms with Crippen molar-refractivity contribution in [2.24, 2.45) is 5.10 Å². The first-order chi connectivity index (χ1) is 14.0. The Kier molecular flexibility index (Phi) is 6.37. The van der Waals surface area contributed by atoms with Crippen LogP contribution in [-0.2, 0) is 4.79 Å². The molecule has 2 amide bonds. The van der Waals surface area contributed by atoms with E-state index in [1.54, 1.807) is 43.3 Å². The van der Waals surface area contributed by atoms with E-state index in [1.165, 1.54) is 0 Å². The van der Waals surface area contributed by atoms with Crippen LogP contribution in [0.3, 0.4) is 0 Å². The highest BCUT2D eigenvalue weighted by Gasteiger charge is 2.15. The van der Waals surface area contributed by atoms with Gasteiger partial charge in [-0.25, -0.2) is 5.43 Å². The lowest BCUT2D eigenvalue weighted by Crippen LogP contribution is -2.33. The van der Waals surface area contributed by atoms with Crippen molar-refractivity contribution in [3.8, 4) is 0 Å². The van der Waals surface area contributed by atoms with Crippen molar-refractivity contribution in [3.05, 3.63) is 101 Å². The molecule has 6 nitrogen and oxygen atoms in total. The number of benzene rings is 2. The molecule has 0 unspecified atom stereocenters. The number of carbonyl (C=O) groups is 2. The summed E-state index contributed by atoms with van der Waals surface area (Å²) >= 11 is 0. The molecule has 0 aliphatic rings. The van der Waals surface area contributed by atoms with Crippen molar-refractivity contribution in [1.29, 1.82) is 0 Å². The lowest BCUT2D eigenvalue weighted by atomic mass is 10.1. The molecule has 0 aliphatic heterocycles. The highest BCUT2D eigenvalue weighted by molar-refractivity contribution is 6.06. The van der Waals surface area contributed by atoms with Gasteiger partial charge in [-0.3, -0.25) is 9.59 Å². The Hall–Kier alpha value is -3.93. The van der Waals surface area contributed by atoms with E-state index in [9.17, 15) is 9.59 Å². The zero-order valence-electron chi connectivity index (χ0n) is 16.2. The molecule has 0 bridgehead atoms. The molecule has 6 heteroatoms. The van der Waals surface area contributed by atoms with E-state index in [0.29, 0.717) is 17.0 Å². The monoisotopic (exact) mass is 387 g/mol. The molecule has 29 heavy (non-hydrogen) atoms. The Morgan fingerprint density at radius 3 is 2.21 bits per heavy atom. The van der Waals surface area contributed by atoms with Crippen molar-refractivity contribution in [1.82, 2.24) is 10.7 Å². The zero-order chi connectivity index (χ0) is 20.6. The normalized spacial score (nSPS) is 11.8. The third-order valence-corrected chi connectivity index (χ3v) is 4.06. The molecule has 3 rings (SSSR count). The van der Waals surface area contributed by atoms with E-state index in [-0.39, 0.29) is 11.6 Å². The minimum atomic E-state index is -0.541. The predicted molar refractivity (Wildman–Crippen MR) is 112 cm³/mol. The van der Waals surface area contributed by atoms with Crippen LogP contribution in [0.4, 0.5) is 0 Å². The molecule has 146 valence electrons. The number of nitrogens with one attached hydrogen (secondary N) is 2. The number of hydrogen-bond acceptors (Lipinski definition) is 4. The number of nitrogens with zero attached hydrogens (tertiary/aromatic N) is 1. The van der Waals surface area contributed by atoms with Crippen LogP contribution < -0.4 is 10.7 Å². The van der Waals surface area contributed by atoms with Gasteiger partial charge in [0.2, 0.25) is 0 Å². The SMILES string of the molecule is C/C(=N\NC(=O)/C(=C\c1ccccc1)NC(=O)c1ccccc1)c1ccc(C)o1. The second kappa shape index (κ2) is 9.32. The highest BCUT2D eigenvalue weighted by Crippen LogP contribution is 2.09. The first kappa shape index (κ1) is 19.8. The van der Waals surface area contributed by atoms with Gasteiger partial charge in [-0.05, 0) is 49.8 Å². The quantitative estimate of drug-likeness (QED) is 0.382. The Balaban J connectivity index is 1.81. The van der Waals surface area contributed by atoms with Gasteiger partial charge >= 0.3 is 0 Å². The number of amides is 2. The molecule has 0 atom stereocenters. The summed E-state index contributed by atoms with van der Waals surface area (Å²) in [6.07, 6.45) is 1.60. The van der Waals surface area contributed by atoms with E-state index < -0.39 is 5.91 Å². The summed E-state index contributed by atoms with van der Waals surface area (Å²) in [6, 6.07) is 21.5. The Bertz CT molecular complexity index is 1050. The van der Waals surface area contributed by atoms with Crippen LogP contribution >= 0.6 is 0 Å². The second-order valence-corrected chi connectivity index (χ2v) is 6.34. The number of hydrogen-bond donors (Lipinski definition) is 2. The Labute approximate surface area is 168 Å². The summed E-state index contributed by atoms with van der Waals surface area (Å²) in [4.78, 5) is 25.3. The third-order valence-electron chi connectivity index (χ3n) is 4.06. The van der Waals surface area contributed by atoms with Gasteiger partial charge in [-0.1, -0.05) is 48.5 Å². The maximum atomic E-state index is 12.7. The van der Waals surface area contributed by atoms with Crippen LogP contribution in [0, 0.1) is 6.92 Å². The van der Waals surface area contributed by atoms with Crippen LogP contribution in [0.25, 0.3) is 6.08 Å². The summed E-state index contributed by atoms with van der Waals surface area (Å²) in [5, 5.41) is 6.75. The minimum absolute atomic E-state index is 0.0808. The topological polar surface area (TPSA) is 83.7 Å². The second-order valence-electron chi connectivity index (χ2n) is 6.34. The fraction of sp³-hybridized carbons (Fsp3) is 0.0870. The van der Waals surface area contributed by atoms with Gasteiger partial charge in [-0.2, -0.15) is 5.10 Å². The van der Waals surface area contributed by atoms with E-state index in [0.717, 1.165) is 11.3 Å². The van der Waals surface area contributed by atoms with Gasteiger partial charge < -0.3 is 9.73 Å². The first-order valence-electron chi connectivity index (χ1n) is 9.07. The molecule has 0 spiro atoms. The van der Waals surface area contributed by atoms with Crippen LogP contribution in [0.15, 0.2) is 88.0 Å². The lowest BCUT2D eigenvalue weighted by molar-refractivity contribution is -0.117. The smallest absolute Gasteiger partial charge is 0.287 e. The van der Waals surface area contributed by atoms with Crippen LogP contribution in [-0.4, -0.2) is 17.5 Å². The molecule has 2 aromatic carbocycles. The molecule has 0 saturated carbocycles. The lowest BCUT2D eigenvalue weighted by Gasteiger charge is -2.09. The van der Waals surface area contributed by atoms with E-state index in [1.807, 2.05) is 49.4 Å². The number of carbonyl (C=O) groups excluding carboxylic acids is 2. The fourth-order valence-corrected chi connectivity index (χ4v) is 2.54. The van der Waals surface area contributed by atoms with Crippen LogP contribution in [0.2, 0.25) is 0 Å². The Morgan fingerprint density at radius 2 is 1.59 bits per heavy atom. The van der Waals surface area contributed by atoms with Gasteiger partial charge in [0.25, 0.3) is 11.8 Å². The largest absolute Gasteiger partial charge is 0.460 e. The number of rotatable bonds is 6. The molecule has 3 aromatic rings. The molecular formula is C23H21N3O3. The molecule has 2 N–H and O–H groups in total. The zero-order valence-corrected chi connectivity index (χ0v) is 16.2. The predicted octanol–water partition coefficient (Wildman–Crippen LogP) is 3.90. The van der Waals surface area contributed by atoms with Crippen molar-refractivity contribution in [2.75, 3.05) is 0 Å². The molecular weight excluding hydrogens is 366 g/mol. The van der Waals surface area contributed by atoms with Gasteiger partial charge in [0, 0.05) is 5.56 Å². The van der Waals surface area contributed by atoms with Gasteiger partial charge in [0.1, 0.15) is 22.9 Å². The molecule has 0 fully saturated rings.